The normalized spacial score (nSPS) is 12.0. The lowest BCUT2D eigenvalue weighted by molar-refractivity contribution is -0.140. The van der Waals surface area contributed by atoms with Crippen molar-refractivity contribution in [2.75, 3.05) is 31.3 Å². The summed E-state index contributed by atoms with van der Waals surface area (Å²) in [6.07, 6.45) is 1.18. The molecule has 12 heteroatoms. The van der Waals surface area contributed by atoms with Crippen molar-refractivity contribution < 1.29 is 27.5 Å². The highest BCUT2D eigenvalue weighted by atomic mass is 35.5. The van der Waals surface area contributed by atoms with Crippen molar-refractivity contribution >= 4 is 50.7 Å². The zero-order valence-electron chi connectivity index (χ0n) is 24.1. The number of carbonyl (C=O) groups is 2. The van der Waals surface area contributed by atoms with Gasteiger partial charge in [0, 0.05) is 35.1 Å². The monoisotopic (exact) mass is 635 g/mol. The molecule has 226 valence electrons. The van der Waals surface area contributed by atoms with Crippen LogP contribution in [-0.2, 0) is 32.6 Å². The van der Waals surface area contributed by atoms with Gasteiger partial charge in [-0.3, -0.25) is 13.9 Å². The molecule has 0 aliphatic carbocycles. The predicted molar refractivity (Wildman–Crippen MR) is 166 cm³/mol. The number of nitrogens with one attached hydrogen (secondary N) is 1. The standard InChI is InChI=1S/C30H35Cl2N3O6S/c1-20(2)33-30(37)27(15-21-9-7-6-8-10-21)34(18-22-11-12-23(31)16-25(22)32)29(36)19-35(42(5,38)39)26-14-13-24(40-3)17-28(26)41-4/h6-14,16-17,20,27H,15,18-19H2,1-5H3,(H,33,37). The Balaban J connectivity index is 2.12. The molecule has 0 heterocycles. The molecule has 0 saturated heterocycles. The highest BCUT2D eigenvalue weighted by Gasteiger charge is 2.34. The van der Waals surface area contributed by atoms with Crippen LogP contribution < -0.4 is 19.1 Å². The number of sulfonamides is 1. The van der Waals surface area contributed by atoms with E-state index in [1.54, 1.807) is 24.3 Å². The fraction of sp³-hybridized carbons (Fsp3) is 0.333. The number of anilines is 1. The summed E-state index contributed by atoms with van der Waals surface area (Å²) in [6, 6.07) is 17.5. The third-order valence-electron chi connectivity index (χ3n) is 6.39. The number of hydrogen-bond acceptors (Lipinski definition) is 6. The Labute approximate surface area is 257 Å². The first-order chi connectivity index (χ1) is 19.8. The zero-order valence-corrected chi connectivity index (χ0v) is 26.5. The van der Waals surface area contributed by atoms with Crippen LogP contribution in [0.15, 0.2) is 66.7 Å². The highest BCUT2D eigenvalue weighted by Crippen LogP contribution is 2.34. The SMILES string of the molecule is COc1ccc(N(CC(=O)N(Cc2ccc(Cl)cc2Cl)C(Cc2ccccc2)C(=O)NC(C)C)S(C)(=O)=O)c(OC)c1. The topological polar surface area (TPSA) is 105 Å². The highest BCUT2D eigenvalue weighted by molar-refractivity contribution is 7.92. The van der Waals surface area contributed by atoms with Crippen molar-refractivity contribution in [2.45, 2.75) is 38.9 Å². The lowest BCUT2D eigenvalue weighted by atomic mass is 10.0. The molecular weight excluding hydrogens is 601 g/mol. The van der Waals surface area contributed by atoms with E-state index in [0.29, 0.717) is 21.4 Å². The number of nitrogens with zero attached hydrogens (tertiary/aromatic N) is 2. The van der Waals surface area contributed by atoms with Crippen molar-refractivity contribution in [3.63, 3.8) is 0 Å². The zero-order chi connectivity index (χ0) is 31.0. The Morgan fingerprint density at radius 2 is 1.64 bits per heavy atom. The predicted octanol–water partition coefficient (Wildman–Crippen LogP) is 4.94. The maximum Gasteiger partial charge on any atom is 0.244 e. The lowest BCUT2D eigenvalue weighted by Crippen LogP contribution is -2.54. The molecule has 42 heavy (non-hydrogen) atoms. The summed E-state index contributed by atoms with van der Waals surface area (Å²) in [7, 11) is -1.12. The van der Waals surface area contributed by atoms with E-state index < -0.39 is 28.5 Å². The van der Waals surface area contributed by atoms with Gasteiger partial charge in [-0.1, -0.05) is 59.6 Å². The maximum absolute atomic E-state index is 14.2. The Morgan fingerprint density at radius 1 is 0.952 bits per heavy atom. The second kappa shape index (κ2) is 14.6. The van der Waals surface area contributed by atoms with E-state index in [4.69, 9.17) is 32.7 Å². The smallest absolute Gasteiger partial charge is 0.244 e. The van der Waals surface area contributed by atoms with Crippen LogP contribution in [0.3, 0.4) is 0 Å². The van der Waals surface area contributed by atoms with Gasteiger partial charge in [0.15, 0.2) is 0 Å². The second-order valence-electron chi connectivity index (χ2n) is 9.93. The molecule has 0 fully saturated rings. The number of methoxy groups -OCH3 is 2. The minimum absolute atomic E-state index is 0.0742. The molecule has 3 aromatic carbocycles. The van der Waals surface area contributed by atoms with Gasteiger partial charge in [-0.05, 0) is 49.2 Å². The molecule has 9 nitrogen and oxygen atoms in total. The van der Waals surface area contributed by atoms with E-state index in [0.717, 1.165) is 16.1 Å². The fourth-order valence-corrected chi connectivity index (χ4v) is 5.68. The molecule has 0 radical (unpaired) electrons. The Morgan fingerprint density at radius 3 is 2.21 bits per heavy atom. The summed E-state index contributed by atoms with van der Waals surface area (Å²) in [6.45, 7) is 2.96. The average molecular weight is 637 g/mol. The molecule has 0 saturated carbocycles. The Hall–Kier alpha value is -3.47. The van der Waals surface area contributed by atoms with Gasteiger partial charge < -0.3 is 19.7 Å². The number of ether oxygens (including phenoxy) is 2. The third-order valence-corrected chi connectivity index (χ3v) is 8.11. The van der Waals surface area contributed by atoms with Crippen LogP contribution in [0.2, 0.25) is 10.0 Å². The third kappa shape index (κ3) is 8.77. The molecule has 0 spiro atoms. The van der Waals surface area contributed by atoms with E-state index in [2.05, 4.69) is 5.32 Å². The van der Waals surface area contributed by atoms with Gasteiger partial charge in [-0.25, -0.2) is 8.42 Å². The van der Waals surface area contributed by atoms with Crippen molar-refractivity contribution in [3.05, 3.63) is 87.9 Å². The van der Waals surface area contributed by atoms with Gasteiger partial charge in [0.05, 0.1) is 26.2 Å². The van der Waals surface area contributed by atoms with Gasteiger partial charge >= 0.3 is 0 Å². The summed E-state index contributed by atoms with van der Waals surface area (Å²) < 4.78 is 37.7. The van der Waals surface area contributed by atoms with Gasteiger partial charge in [-0.15, -0.1) is 0 Å². The van der Waals surface area contributed by atoms with Crippen LogP contribution in [0.25, 0.3) is 0 Å². The average Bonchev–Trinajstić information content (AvgIpc) is 2.93. The van der Waals surface area contributed by atoms with Crippen molar-refractivity contribution in [1.29, 1.82) is 0 Å². The molecule has 1 unspecified atom stereocenters. The molecule has 0 bridgehead atoms. The first kappa shape index (κ1) is 33.0. The fourth-order valence-electron chi connectivity index (χ4n) is 4.35. The van der Waals surface area contributed by atoms with E-state index in [1.807, 2.05) is 44.2 Å². The summed E-state index contributed by atoms with van der Waals surface area (Å²) >= 11 is 12.6. The van der Waals surface area contributed by atoms with E-state index in [9.17, 15) is 18.0 Å². The van der Waals surface area contributed by atoms with Crippen molar-refractivity contribution in [1.82, 2.24) is 10.2 Å². The summed E-state index contributed by atoms with van der Waals surface area (Å²) in [5.41, 5.74) is 1.50. The number of carbonyl (C=O) groups excluding carboxylic acids is 2. The maximum atomic E-state index is 14.2. The Bertz CT molecular complexity index is 1500. The summed E-state index contributed by atoms with van der Waals surface area (Å²) in [4.78, 5) is 29.2. The van der Waals surface area contributed by atoms with Gasteiger partial charge in [0.25, 0.3) is 0 Å². The van der Waals surface area contributed by atoms with Crippen LogP contribution in [0.1, 0.15) is 25.0 Å². The van der Waals surface area contributed by atoms with Crippen molar-refractivity contribution in [3.8, 4) is 11.5 Å². The van der Waals surface area contributed by atoms with Gasteiger partial charge in [0.2, 0.25) is 21.8 Å². The van der Waals surface area contributed by atoms with Crippen LogP contribution in [0, 0.1) is 0 Å². The number of hydrogen-bond donors (Lipinski definition) is 1. The molecule has 3 aromatic rings. The van der Waals surface area contributed by atoms with Gasteiger partial charge in [0.1, 0.15) is 24.1 Å². The quantitative estimate of drug-likeness (QED) is 0.285. The number of benzene rings is 3. The molecule has 1 N–H and O–H groups in total. The van der Waals surface area contributed by atoms with Crippen LogP contribution in [0.4, 0.5) is 5.69 Å². The number of rotatable bonds is 13. The van der Waals surface area contributed by atoms with E-state index >= 15 is 0 Å². The summed E-state index contributed by atoms with van der Waals surface area (Å²) in [5.74, 6) is -0.370. The molecule has 0 aromatic heterocycles. The van der Waals surface area contributed by atoms with Crippen LogP contribution in [0.5, 0.6) is 11.5 Å². The van der Waals surface area contributed by atoms with E-state index in [1.165, 1.54) is 31.3 Å². The van der Waals surface area contributed by atoms with Crippen molar-refractivity contribution in [2.24, 2.45) is 0 Å². The number of halogens is 2. The molecule has 2 amide bonds. The molecule has 0 aliphatic rings. The molecular formula is C30H35Cl2N3O6S. The minimum atomic E-state index is -3.99. The first-order valence-corrected chi connectivity index (χ1v) is 15.7. The second-order valence-corrected chi connectivity index (χ2v) is 12.7. The number of amides is 2. The van der Waals surface area contributed by atoms with Crippen LogP contribution >= 0.6 is 23.2 Å². The lowest BCUT2D eigenvalue weighted by Gasteiger charge is -2.34. The molecule has 0 aliphatic heterocycles. The minimum Gasteiger partial charge on any atom is -0.497 e. The molecule has 1 atom stereocenters. The summed E-state index contributed by atoms with van der Waals surface area (Å²) in [5, 5.41) is 3.62. The van der Waals surface area contributed by atoms with Crippen LogP contribution in [-0.4, -0.2) is 64.2 Å². The first-order valence-electron chi connectivity index (χ1n) is 13.1. The van der Waals surface area contributed by atoms with E-state index in [-0.39, 0.29) is 36.4 Å². The Kier molecular flexibility index (Phi) is 11.5. The molecule has 3 rings (SSSR count). The van der Waals surface area contributed by atoms with Gasteiger partial charge in [-0.2, -0.15) is 0 Å². The largest absolute Gasteiger partial charge is 0.497 e.